The molecule has 2 amide bonds. The second-order valence-corrected chi connectivity index (χ2v) is 11.6. The van der Waals surface area contributed by atoms with E-state index in [0.717, 1.165) is 31.0 Å². The van der Waals surface area contributed by atoms with E-state index in [-0.39, 0.29) is 24.4 Å². The Morgan fingerprint density at radius 1 is 1.05 bits per heavy atom. The van der Waals surface area contributed by atoms with E-state index in [1.807, 2.05) is 45.6 Å². The van der Waals surface area contributed by atoms with Crippen LogP contribution < -0.4 is 14.4 Å². The summed E-state index contributed by atoms with van der Waals surface area (Å²) in [6, 6.07) is 8.24. The highest BCUT2D eigenvalue weighted by atomic mass is 32.2. The van der Waals surface area contributed by atoms with E-state index in [1.54, 1.807) is 17.0 Å². The van der Waals surface area contributed by atoms with Crippen LogP contribution in [0.4, 0.5) is 23.7 Å². The molecule has 0 aliphatic heterocycles. The van der Waals surface area contributed by atoms with E-state index in [9.17, 15) is 26.4 Å². The van der Waals surface area contributed by atoms with Gasteiger partial charge in [-0.1, -0.05) is 12.1 Å². The van der Waals surface area contributed by atoms with Gasteiger partial charge in [0.1, 0.15) is 10.6 Å². The number of halogens is 3. The Bertz CT molecular complexity index is 1220. The number of alkyl halides is 3. The average Bonchev–Trinajstić information content (AvgIpc) is 3.62. The van der Waals surface area contributed by atoms with Crippen LogP contribution in [0.2, 0.25) is 0 Å². The van der Waals surface area contributed by atoms with Crippen molar-refractivity contribution in [1.29, 1.82) is 0 Å². The monoisotopic (exact) mass is 541 g/mol. The van der Waals surface area contributed by atoms with Crippen LogP contribution in [-0.4, -0.2) is 44.0 Å². The van der Waals surface area contributed by atoms with Crippen LogP contribution in [0.15, 0.2) is 47.4 Å². The first-order valence-corrected chi connectivity index (χ1v) is 13.6. The van der Waals surface area contributed by atoms with Crippen molar-refractivity contribution in [2.24, 2.45) is 0 Å². The lowest BCUT2D eigenvalue weighted by molar-refractivity contribution is -0.137. The Labute approximate surface area is 216 Å². The molecule has 0 radical (unpaired) electrons. The first-order chi connectivity index (χ1) is 17.1. The molecule has 204 valence electrons. The summed E-state index contributed by atoms with van der Waals surface area (Å²) in [6.07, 6.45) is -3.05. The third-order valence-electron chi connectivity index (χ3n) is 5.90. The summed E-state index contributed by atoms with van der Waals surface area (Å²) in [5, 5.41) is 2.94. The van der Waals surface area contributed by atoms with Crippen LogP contribution in [0, 0.1) is 0 Å². The van der Waals surface area contributed by atoms with E-state index in [0.29, 0.717) is 30.4 Å². The molecular weight excluding hydrogens is 507 g/mol. The largest absolute Gasteiger partial charge is 0.416 e. The van der Waals surface area contributed by atoms with Gasteiger partial charge in [-0.2, -0.15) is 21.6 Å². The highest BCUT2D eigenvalue weighted by Crippen LogP contribution is 2.35. The smallest absolute Gasteiger partial charge is 0.379 e. The number of benzene rings is 2. The molecule has 0 saturated heterocycles. The van der Waals surface area contributed by atoms with Crippen molar-refractivity contribution in [3.05, 3.63) is 53.6 Å². The van der Waals surface area contributed by atoms with Crippen molar-refractivity contribution in [3.63, 3.8) is 0 Å². The first-order valence-electron chi connectivity index (χ1n) is 12.2. The van der Waals surface area contributed by atoms with E-state index >= 15 is 0 Å². The second kappa shape index (κ2) is 10.8. The lowest BCUT2D eigenvalue weighted by Gasteiger charge is -2.29. The van der Waals surface area contributed by atoms with E-state index in [4.69, 9.17) is 4.18 Å². The van der Waals surface area contributed by atoms with Gasteiger partial charge in [0.25, 0.3) is 0 Å². The second-order valence-electron chi connectivity index (χ2n) is 10.1. The lowest BCUT2D eigenvalue weighted by Crippen LogP contribution is -2.49. The van der Waals surface area contributed by atoms with Crippen molar-refractivity contribution in [2.75, 3.05) is 18.0 Å². The number of rotatable bonds is 9. The maximum atomic E-state index is 13.2. The van der Waals surface area contributed by atoms with Crippen molar-refractivity contribution in [3.8, 4) is 5.75 Å². The molecule has 0 unspecified atom stereocenters. The van der Waals surface area contributed by atoms with Gasteiger partial charge in [0.15, 0.2) is 0 Å². The fourth-order valence-electron chi connectivity index (χ4n) is 3.86. The molecule has 2 aromatic carbocycles. The van der Waals surface area contributed by atoms with Gasteiger partial charge in [-0.3, -0.25) is 0 Å². The number of hydrogen-bond donors (Lipinski definition) is 1. The molecule has 0 aromatic heterocycles. The highest BCUT2D eigenvalue weighted by molar-refractivity contribution is 7.87. The molecule has 0 atom stereocenters. The molecule has 2 aromatic rings. The molecule has 1 saturated carbocycles. The molecule has 11 heteroatoms. The van der Waals surface area contributed by atoms with Crippen LogP contribution >= 0.6 is 0 Å². The molecular formula is C26H34F3N3O4S. The van der Waals surface area contributed by atoms with Gasteiger partial charge in [0.05, 0.1) is 12.1 Å². The number of nitrogens with one attached hydrogen (secondary N) is 1. The number of anilines is 1. The number of urea groups is 1. The number of carbonyl (C=O) groups is 1. The molecule has 1 aliphatic rings. The molecule has 0 spiro atoms. The molecule has 0 bridgehead atoms. The van der Waals surface area contributed by atoms with Crippen LogP contribution in [0.1, 0.15) is 58.6 Å². The topological polar surface area (TPSA) is 79.0 Å². The molecule has 37 heavy (non-hydrogen) atoms. The average molecular weight is 542 g/mol. The summed E-state index contributed by atoms with van der Waals surface area (Å²) < 4.78 is 71.3. The standard InChI is InChI=1S/C26H34F3N3O4S/c1-6-31(7-2)21-12-11-18(17-32(20-13-14-20)24(33)30-25(3,4)5)23(16-21)36-37(34,35)22-10-8-9-19(15-22)26(27,28)29/h8-12,15-16,20H,6-7,13-14,17H2,1-5H3,(H,30,33). The van der Waals surface area contributed by atoms with Gasteiger partial charge in [-0.05, 0) is 71.7 Å². The Hall–Kier alpha value is -2.95. The fourth-order valence-corrected chi connectivity index (χ4v) is 4.86. The molecule has 1 N–H and O–H groups in total. The van der Waals surface area contributed by atoms with Crippen molar-refractivity contribution in [1.82, 2.24) is 10.2 Å². The predicted octanol–water partition coefficient (Wildman–Crippen LogP) is 5.79. The highest BCUT2D eigenvalue weighted by Gasteiger charge is 2.35. The van der Waals surface area contributed by atoms with Crippen molar-refractivity contribution < 1.29 is 30.6 Å². The predicted molar refractivity (Wildman–Crippen MR) is 136 cm³/mol. The Morgan fingerprint density at radius 3 is 2.24 bits per heavy atom. The Kier molecular flexibility index (Phi) is 8.36. The van der Waals surface area contributed by atoms with Gasteiger partial charge >= 0.3 is 22.3 Å². The fraction of sp³-hybridized carbons (Fsp3) is 0.500. The number of amides is 2. The van der Waals surface area contributed by atoms with E-state index in [1.165, 1.54) is 0 Å². The van der Waals surface area contributed by atoms with Gasteiger partial charge < -0.3 is 19.3 Å². The van der Waals surface area contributed by atoms with Crippen LogP contribution in [0.25, 0.3) is 0 Å². The van der Waals surface area contributed by atoms with Crippen molar-refractivity contribution in [2.45, 2.75) is 76.7 Å². The maximum absolute atomic E-state index is 13.2. The Balaban J connectivity index is 2.01. The molecule has 1 aliphatic carbocycles. The zero-order valence-electron chi connectivity index (χ0n) is 21.7. The summed E-state index contributed by atoms with van der Waals surface area (Å²) in [5.74, 6) is -0.0315. The number of hydrogen-bond acceptors (Lipinski definition) is 5. The Morgan fingerprint density at radius 2 is 1.70 bits per heavy atom. The van der Waals surface area contributed by atoms with E-state index < -0.39 is 32.3 Å². The zero-order chi connectivity index (χ0) is 27.6. The van der Waals surface area contributed by atoms with Crippen molar-refractivity contribution >= 4 is 21.8 Å². The number of nitrogens with zero attached hydrogens (tertiary/aromatic N) is 2. The minimum Gasteiger partial charge on any atom is -0.379 e. The van der Waals surface area contributed by atoms with Crippen LogP contribution in [0.3, 0.4) is 0 Å². The normalized spacial score (nSPS) is 14.3. The summed E-state index contributed by atoms with van der Waals surface area (Å²) >= 11 is 0. The summed E-state index contributed by atoms with van der Waals surface area (Å²) in [5.41, 5.74) is -0.432. The van der Waals surface area contributed by atoms with E-state index in [2.05, 4.69) is 5.32 Å². The summed E-state index contributed by atoms with van der Waals surface area (Å²) in [4.78, 5) is 16.0. The SMILES string of the molecule is CCN(CC)c1ccc(CN(C(=O)NC(C)(C)C)C2CC2)c(OS(=O)(=O)c2cccc(C(F)(F)F)c2)c1. The molecule has 7 nitrogen and oxygen atoms in total. The summed E-state index contributed by atoms with van der Waals surface area (Å²) in [6.45, 7) is 10.9. The molecule has 1 fully saturated rings. The van der Waals surface area contributed by atoms with Crippen LogP contribution in [0.5, 0.6) is 5.75 Å². The minimum atomic E-state index is -4.70. The van der Waals surface area contributed by atoms with Gasteiger partial charge in [-0.15, -0.1) is 0 Å². The molecule has 3 rings (SSSR count). The van der Waals surface area contributed by atoms with Gasteiger partial charge in [0, 0.05) is 42.0 Å². The first kappa shape index (κ1) is 28.6. The number of carbonyl (C=O) groups excluding carboxylic acids is 1. The zero-order valence-corrected chi connectivity index (χ0v) is 22.5. The van der Waals surface area contributed by atoms with Crippen LogP contribution in [-0.2, 0) is 22.8 Å². The maximum Gasteiger partial charge on any atom is 0.416 e. The third kappa shape index (κ3) is 7.53. The third-order valence-corrected chi connectivity index (χ3v) is 7.13. The summed E-state index contributed by atoms with van der Waals surface area (Å²) in [7, 11) is -4.60. The van der Waals surface area contributed by atoms with Gasteiger partial charge in [0.2, 0.25) is 0 Å². The molecule has 0 heterocycles. The lowest BCUT2D eigenvalue weighted by atomic mass is 10.1. The van der Waals surface area contributed by atoms with Gasteiger partial charge in [-0.25, -0.2) is 4.79 Å². The minimum absolute atomic E-state index is 0.0118. The quantitative estimate of drug-likeness (QED) is 0.407.